The number of halogens is 1. The molecule has 2 N–H and O–H groups in total. The van der Waals surface area contributed by atoms with Gasteiger partial charge >= 0.3 is 0 Å². The van der Waals surface area contributed by atoms with Crippen molar-refractivity contribution in [3.8, 4) is 0 Å². The molecule has 0 unspecified atom stereocenters. The number of thiocarbonyl (C=S) groups is 1. The highest BCUT2D eigenvalue weighted by Crippen LogP contribution is 2.16. The fourth-order valence-electron chi connectivity index (χ4n) is 1.79. The molecule has 0 spiro atoms. The molecule has 1 heterocycles. The molecule has 2 rings (SSSR count). The van der Waals surface area contributed by atoms with Crippen molar-refractivity contribution in [3.05, 3.63) is 58.7 Å². The molecular weight excluding hydrogens is 290 g/mol. The molecule has 0 saturated carbocycles. The molecule has 20 heavy (non-hydrogen) atoms. The van der Waals surface area contributed by atoms with Crippen LogP contribution in [0.5, 0.6) is 0 Å². The largest absolute Gasteiger partial charge is 0.356 e. The van der Waals surface area contributed by atoms with Crippen LogP contribution in [0.1, 0.15) is 24.1 Å². The van der Waals surface area contributed by atoms with Crippen LogP contribution >= 0.6 is 23.8 Å². The Morgan fingerprint density at radius 2 is 1.95 bits per heavy atom. The van der Waals surface area contributed by atoms with Gasteiger partial charge in [-0.1, -0.05) is 23.7 Å². The fourth-order valence-corrected chi connectivity index (χ4v) is 2.20. The summed E-state index contributed by atoms with van der Waals surface area (Å²) in [5, 5.41) is 7.57. The van der Waals surface area contributed by atoms with E-state index in [1.54, 1.807) is 6.20 Å². The minimum atomic E-state index is 0.0945. The number of hydrogen-bond donors (Lipinski definition) is 2. The summed E-state index contributed by atoms with van der Waals surface area (Å²) < 4.78 is 0. The fraction of sp³-hybridized carbons (Fsp3) is 0.200. The molecule has 0 amide bonds. The van der Waals surface area contributed by atoms with Crippen LogP contribution in [-0.4, -0.2) is 10.1 Å². The summed E-state index contributed by atoms with van der Waals surface area (Å²) >= 11 is 11.2. The van der Waals surface area contributed by atoms with Gasteiger partial charge in [-0.15, -0.1) is 0 Å². The third-order valence-electron chi connectivity index (χ3n) is 2.87. The zero-order valence-electron chi connectivity index (χ0n) is 11.4. The first-order valence-electron chi connectivity index (χ1n) is 6.30. The van der Waals surface area contributed by atoms with Crippen molar-refractivity contribution < 1.29 is 0 Å². The van der Waals surface area contributed by atoms with Gasteiger partial charge in [0.1, 0.15) is 5.82 Å². The summed E-state index contributed by atoms with van der Waals surface area (Å²) in [5.41, 5.74) is 2.26. The molecule has 104 valence electrons. The van der Waals surface area contributed by atoms with E-state index >= 15 is 0 Å². The number of rotatable bonds is 3. The Balaban J connectivity index is 1.95. The van der Waals surface area contributed by atoms with E-state index in [2.05, 4.69) is 15.6 Å². The van der Waals surface area contributed by atoms with Gasteiger partial charge < -0.3 is 10.6 Å². The second-order valence-corrected chi connectivity index (χ2v) is 5.43. The van der Waals surface area contributed by atoms with Gasteiger partial charge in [0, 0.05) is 11.2 Å². The minimum Gasteiger partial charge on any atom is -0.356 e. The molecule has 0 radical (unpaired) electrons. The van der Waals surface area contributed by atoms with Crippen molar-refractivity contribution in [1.82, 2.24) is 10.3 Å². The highest BCUT2D eigenvalue weighted by Gasteiger charge is 2.07. The molecule has 0 aliphatic carbocycles. The van der Waals surface area contributed by atoms with Crippen LogP contribution < -0.4 is 10.6 Å². The summed E-state index contributed by atoms with van der Waals surface area (Å²) in [6, 6.07) is 11.7. The van der Waals surface area contributed by atoms with Gasteiger partial charge in [0.15, 0.2) is 5.11 Å². The highest BCUT2D eigenvalue weighted by atomic mass is 35.5. The van der Waals surface area contributed by atoms with E-state index in [4.69, 9.17) is 23.8 Å². The van der Waals surface area contributed by atoms with E-state index < -0.39 is 0 Å². The first-order chi connectivity index (χ1) is 9.54. The van der Waals surface area contributed by atoms with Gasteiger partial charge in [-0.25, -0.2) is 4.98 Å². The zero-order chi connectivity index (χ0) is 14.5. The lowest BCUT2D eigenvalue weighted by Crippen LogP contribution is -2.31. The molecule has 5 heteroatoms. The van der Waals surface area contributed by atoms with Crippen LogP contribution in [0.15, 0.2) is 42.6 Å². The quantitative estimate of drug-likeness (QED) is 0.838. The summed E-state index contributed by atoms with van der Waals surface area (Å²) in [4.78, 5) is 4.22. The van der Waals surface area contributed by atoms with E-state index in [-0.39, 0.29) is 6.04 Å². The van der Waals surface area contributed by atoms with Gasteiger partial charge in [-0.05, 0) is 61.5 Å². The minimum absolute atomic E-state index is 0.0945. The molecule has 1 atom stereocenters. The third kappa shape index (κ3) is 4.18. The van der Waals surface area contributed by atoms with Crippen LogP contribution in [-0.2, 0) is 0 Å². The van der Waals surface area contributed by atoms with E-state index in [0.717, 1.165) is 22.0 Å². The Morgan fingerprint density at radius 1 is 1.25 bits per heavy atom. The number of nitrogens with one attached hydrogen (secondary N) is 2. The standard InChI is InChI=1S/C15H16ClN3S/c1-10-7-8-17-14(9-10)19-15(20)18-11(2)12-3-5-13(16)6-4-12/h3-9,11H,1-2H3,(H2,17,18,19,20)/t11-/m0/s1. The second-order valence-electron chi connectivity index (χ2n) is 4.59. The van der Waals surface area contributed by atoms with Crippen LogP contribution in [0.4, 0.5) is 5.82 Å². The number of nitrogens with zero attached hydrogens (tertiary/aromatic N) is 1. The summed E-state index contributed by atoms with van der Waals surface area (Å²) in [6.45, 7) is 4.06. The van der Waals surface area contributed by atoms with E-state index in [0.29, 0.717) is 5.11 Å². The molecular formula is C15H16ClN3S. The van der Waals surface area contributed by atoms with Crippen LogP contribution in [0, 0.1) is 6.92 Å². The molecule has 3 nitrogen and oxygen atoms in total. The maximum absolute atomic E-state index is 5.88. The Kier molecular flexibility index (Phi) is 4.93. The second kappa shape index (κ2) is 6.68. The van der Waals surface area contributed by atoms with Gasteiger partial charge in [-0.3, -0.25) is 0 Å². The molecule has 0 fully saturated rings. The number of aromatic nitrogens is 1. The Labute approximate surface area is 129 Å². The number of benzene rings is 1. The van der Waals surface area contributed by atoms with Crippen LogP contribution in [0.3, 0.4) is 0 Å². The molecule has 1 aromatic heterocycles. The molecule has 1 aromatic carbocycles. The highest BCUT2D eigenvalue weighted by molar-refractivity contribution is 7.80. The van der Waals surface area contributed by atoms with Crippen molar-refractivity contribution in [3.63, 3.8) is 0 Å². The molecule has 0 aliphatic rings. The summed E-state index contributed by atoms with van der Waals surface area (Å²) in [5.74, 6) is 0.741. The molecule has 0 saturated heterocycles. The summed E-state index contributed by atoms with van der Waals surface area (Å²) in [6.07, 6.45) is 1.75. The first-order valence-corrected chi connectivity index (χ1v) is 7.09. The van der Waals surface area contributed by atoms with Gasteiger partial charge in [0.25, 0.3) is 0 Å². The Hall–Kier alpha value is -1.65. The van der Waals surface area contributed by atoms with Gasteiger partial charge in [0.05, 0.1) is 6.04 Å². The number of anilines is 1. The molecule has 0 bridgehead atoms. The van der Waals surface area contributed by atoms with Crippen molar-refractivity contribution >= 4 is 34.7 Å². The Morgan fingerprint density at radius 3 is 2.60 bits per heavy atom. The van der Waals surface area contributed by atoms with Crippen molar-refractivity contribution in [2.45, 2.75) is 19.9 Å². The number of aryl methyl sites for hydroxylation is 1. The maximum Gasteiger partial charge on any atom is 0.172 e. The normalized spacial score (nSPS) is 11.8. The lowest BCUT2D eigenvalue weighted by Gasteiger charge is -2.17. The van der Waals surface area contributed by atoms with Crippen molar-refractivity contribution in [2.24, 2.45) is 0 Å². The number of hydrogen-bond acceptors (Lipinski definition) is 2. The third-order valence-corrected chi connectivity index (χ3v) is 3.35. The SMILES string of the molecule is Cc1ccnc(NC(=S)N[C@@H](C)c2ccc(Cl)cc2)c1. The lowest BCUT2D eigenvalue weighted by molar-refractivity contribution is 0.722. The first kappa shape index (κ1) is 14.8. The van der Waals surface area contributed by atoms with E-state index in [9.17, 15) is 0 Å². The smallest absolute Gasteiger partial charge is 0.172 e. The predicted molar refractivity (Wildman–Crippen MR) is 88.2 cm³/mol. The van der Waals surface area contributed by atoms with E-state index in [1.807, 2.05) is 50.2 Å². The Bertz CT molecular complexity index is 598. The van der Waals surface area contributed by atoms with Gasteiger partial charge in [0.2, 0.25) is 0 Å². The maximum atomic E-state index is 5.88. The predicted octanol–water partition coefficient (Wildman–Crippen LogP) is 4.09. The topological polar surface area (TPSA) is 37.0 Å². The van der Waals surface area contributed by atoms with Crippen molar-refractivity contribution in [1.29, 1.82) is 0 Å². The van der Waals surface area contributed by atoms with Gasteiger partial charge in [-0.2, -0.15) is 0 Å². The average Bonchev–Trinajstić information content (AvgIpc) is 2.39. The van der Waals surface area contributed by atoms with Crippen molar-refractivity contribution in [2.75, 3.05) is 5.32 Å². The van der Waals surface area contributed by atoms with Crippen LogP contribution in [0.2, 0.25) is 5.02 Å². The average molecular weight is 306 g/mol. The lowest BCUT2D eigenvalue weighted by atomic mass is 10.1. The number of pyridine rings is 1. The molecule has 2 aromatic rings. The van der Waals surface area contributed by atoms with E-state index in [1.165, 1.54) is 0 Å². The monoisotopic (exact) mass is 305 g/mol. The zero-order valence-corrected chi connectivity index (χ0v) is 12.9. The van der Waals surface area contributed by atoms with Crippen LogP contribution in [0.25, 0.3) is 0 Å². The summed E-state index contributed by atoms with van der Waals surface area (Å²) in [7, 11) is 0. The molecule has 0 aliphatic heterocycles.